The van der Waals surface area contributed by atoms with Gasteiger partial charge in [-0.2, -0.15) is 0 Å². The number of aryl methyl sites for hydroxylation is 2. The molecule has 0 unspecified atom stereocenters. The summed E-state index contributed by atoms with van der Waals surface area (Å²) < 4.78 is 12.5. The van der Waals surface area contributed by atoms with E-state index in [4.69, 9.17) is 13.8 Å². The Hall–Kier alpha value is -2.78. The maximum Gasteiger partial charge on any atom is 0.287 e. The zero-order chi connectivity index (χ0) is 21.4. The summed E-state index contributed by atoms with van der Waals surface area (Å²) in [5.41, 5.74) is 1.22. The summed E-state index contributed by atoms with van der Waals surface area (Å²) in [4.78, 5) is 32.2. The van der Waals surface area contributed by atoms with Crippen LogP contribution >= 0.6 is 23.1 Å². The minimum absolute atomic E-state index is 0.0179. The number of rotatable bonds is 6. The second-order valence-corrected chi connectivity index (χ2v) is 9.49. The van der Waals surface area contributed by atoms with E-state index >= 15 is 0 Å². The molecule has 0 atom stereocenters. The molecule has 0 spiro atoms. The van der Waals surface area contributed by atoms with Crippen molar-refractivity contribution in [2.45, 2.75) is 43.1 Å². The Morgan fingerprint density at radius 3 is 2.97 bits per heavy atom. The van der Waals surface area contributed by atoms with Crippen LogP contribution in [0.5, 0.6) is 0 Å². The van der Waals surface area contributed by atoms with Gasteiger partial charge in [-0.1, -0.05) is 11.8 Å². The summed E-state index contributed by atoms with van der Waals surface area (Å²) in [5, 5.41) is 4.20. The lowest BCUT2D eigenvalue weighted by atomic mass is 9.97. The van der Waals surface area contributed by atoms with Gasteiger partial charge in [0.2, 0.25) is 0 Å². The lowest BCUT2D eigenvalue weighted by Crippen LogP contribution is -2.21. The normalized spacial score (nSPS) is 13.5. The monoisotopic (exact) mass is 455 g/mol. The third-order valence-electron chi connectivity index (χ3n) is 5.39. The van der Waals surface area contributed by atoms with Gasteiger partial charge < -0.3 is 14.2 Å². The molecule has 31 heavy (non-hydrogen) atoms. The van der Waals surface area contributed by atoms with E-state index in [2.05, 4.69) is 5.32 Å². The predicted octanol–water partition coefficient (Wildman–Crippen LogP) is 4.28. The highest BCUT2D eigenvalue weighted by Gasteiger charge is 2.21. The van der Waals surface area contributed by atoms with Gasteiger partial charge in [0.25, 0.3) is 11.5 Å². The molecular formula is C22H21N3O4S2. The first-order valence-corrected chi connectivity index (χ1v) is 11.9. The van der Waals surface area contributed by atoms with Gasteiger partial charge in [-0.15, -0.1) is 11.3 Å². The van der Waals surface area contributed by atoms with Crippen molar-refractivity contribution in [3.05, 3.63) is 68.6 Å². The fourth-order valence-corrected chi connectivity index (χ4v) is 5.95. The van der Waals surface area contributed by atoms with E-state index in [1.807, 2.05) is 0 Å². The molecule has 0 aromatic carbocycles. The molecule has 9 heteroatoms. The predicted molar refractivity (Wildman–Crippen MR) is 120 cm³/mol. The van der Waals surface area contributed by atoms with Crippen molar-refractivity contribution in [2.24, 2.45) is 7.05 Å². The van der Waals surface area contributed by atoms with Crippen molar-refractivity contribution in [1.82, 2.24) is 14.9 Å². The maximum absolute atomic E-state index is 13.0. The van der Waals surface area contributed by atoms with Crippen LogP contribution in [-0.2, 0) is 32.2 Å². The quantitative estimate of drug-likeness (QED) is 0.345. The van der Waals surface area contributed by atoms with E-state index in [1.165, 1.54) is 28.6 Å². The molecule has 0 aliphatic heterocycles. The van der Waals surface area contributed by atoms with Gasteiger partial charge in [0.05, 0.1) is 23.9 Å². The van der Waals surface area contributed by atoms with Crippen molar-refractivity contribution in [1.29, 1.82) is 0 Å². The molecule has 0 radical (unpaired) electrons. The Balaban J connectivity index is 1.29. The third-order valence-corrected chi connectivity index (χ3v) is 7.63. The smallest absolute Gasteiger partial charge is 0.287 e. The highest BCUT2D eigenvalue weighted by Crippen LogP contribution is 2.34. The zero-order valence-electron chi connectivity index (χ0n) is 17.0. The molecule has 5 rings (SSSR count). The Morgan fingerprint density at radius 2 is 2.13 bits per heavy atom. The van der Waals surface area contributed by atoms with Crippen LogP contribution in [0.2, 0.25) is 0 Å². The van der Waals surface area contributed by atoms with Crippen LogP contribution < -0.4 is 10.9 Å². The molecule has 4 heterocycles. The number of aromatic nitrogens is 2. The highest BCUT2D eigenvalue weighted by molar-refractivity contribution is 7.98. The molecule has 1 aliphatic carbocycles. The lowest BCUT2D eigenvalue weighted by molar-refractivity contribution is 0.0919. The first-order valence-electron chi connectivity index (χ1n) is 10.1. The maximum atomic E-state index is 13.0. The summed E-state index contributed by atoms with van der Waals surface area (Å²) in [6.07, 6.45) is 5.88. The number of thiophene rings is 1. The largest absolute Gasteiger partial charge is 0.467 e. The van der Waals surface area contributed by atoms with Crippen LogP contribution in [0.3, 0.4) is 0 Å². The molecule has 1 amide bonds. The SMILES string of the molecule is Cn1c(SCc2ccc(C(=O)NCc3ccco3)o2)nc2sc3c(c2c1=O)CCCC3. The molecule has 160 valence electrons. The molecule has 1 N–H and O–H groups in total. The third kappa shape index (κ3) is 3.95. The summed E-state index contributed by atoms with van der Waals surface area (Å²) in [6, 6.07) is 6.99. The van der Waals surface area contributed by atoms with E-state index < -0.39 is 0 Å². The Bertz CT molecular complexity index is 1300. The standard InChI is InChI=1S/C22H21N3O4S2/c1-25-21(27)18-15-6-2-3-7-17(15)31-20(18)24-22(25)30-12-14-8-9-16(29-14)19(26)23-11-13-5-4-10-28-13/h4-5,8-10H,2-3,6-7,11-12H2,1H3,(H,23,26). The lowest BCUT2D eigenvalue weighted by Gasteiger charge is -2.10. The highest BCUT2D eigenvalue weighted by atomic mass is 32.2. The average molecular weight is 456 g/mol. The van der Waals surface area contributed by atoms with Crippen LogP contribution in [0.15, 0.2) is 49.3 Å². The second kappa shape index (κ2) is 8.39. The molecule has 0 saturated heterocycles. The van der Waals surface area contributed by atoms with Crippen LogP contribution in [0.25, 0.3) is 10.2 Å². The number of thioether (sulfide) groups is 1. The molecule has 4 aromatic heterocycles. The van der Waals surface area contributed by atoms with Gasteiger partial charge in [-0.3, -0.25) is 14.2 Å². The van der Waals surface area contributed by atoms with Gasteiger partial charge in [0, 0.05) is 11.9 Å². The van der Waals surface area contributed by atoms with E-state index in [1.54, 1.807) is 53.5 Å². The van der Waals surface area contributed by atoms with Crippen molar-refractivity contribution in [3.63, 3.8) is 0 Å². The molecule has 4 aromatic rings. The van der Waals surface area contributed by atoms with Crippen LogP contribution in [0, 0.1) is 0 Å². The van der Waals surface area contributed by atoms with Crippen molar-refractivity contribution >= 4 is 39.2 Å². The fraction of sp³-hybridized carbons (Fsp3) is 0.318. The van der Waals surface area contributed by atoms with Gasteiger partial charge in [0.1, 0.15) is 16.4 Å². The number of nitrogens with one attached hydrogen (secondary N) is 1. The van der Waals surface area contributed by atoms with Gasteiger partial charge in [-0.05, 0) is 55.5 Å². The minimum Gasteiger partial charge on any atom is -0.467 e. The second-order valence-electron chi connectivity index (χ2n) is 7.47. The van der Waals surface area contributed by atoms with E-state index in [0.29, 0.717) is 29.0 Å². The number of carbonyl (C=O) groups excluding carboxylic acids is 1. The van der Waals surface area contributed by atoms with E-state index in [0.717, 1.165) is 29.5 Å². The minimum atomic E-state index is -0.302. The van der Waals surface area contributed by atoms with Gasteiger partial charge in [-0.25, -0.2) is 4.98 Å². The summed E-state index contributed by atoms with van der Waals surface area (Å²) in [6.45, 7) is 0.299. The van der Waals surface area contributed by atoms with Crippen LogP contribution in [0.4, 0.5) is 0 Å². The fourth-order valence-electron chi connectivity index (χ4n) is 3.78. The molecule has 7 nitrogen and oxygen atoms in total. The Morgan fingerprint density at radius 1 is 1.26 bits per heavy atom. The van der Waals surface area contributed by atoms with Gasteiger partial charge >= 0.3 is 0 Å². The number of fused-ring (bicyclic) bond motifs is 3. The molecule has 0 saturated carbocycles. The molecule has 0 bridgehead atoms. The first kappa shape index (κ1) is 20.1. The number of furan rings is 2. The number of amides is 1. The molecular weight excluding hydrogens is 434 g/mol. The zero-order valence-corrected chi connectivity index (χ0v) is 18.6. The average Bonchev–Trinajstić information content (AvgIpc) is 3.53. The number of hydrogen-bond acceptors (Lipinski definition) is 7. The van der Waals surface area contributed by atoms with Crippen LogP contribution in [-0.4, -0.2) is 15.5 Å². The van der Waals surface area contributed by atoms with Crippen LogP contribution in [0.1, 0.15) is 45.4 Å². The van der Waals surface area contributed by atoms with E-state index in [-0.39, 0.29) is 17.2 Å². The molecule has 0 fully saturated rings. The summed E-state index contributed by atoms with van der Waals surface area (Å²) in [7, 11) is 1.76. The van der Waals surface area contributed by atoms with Crippen molar-refractivity contribution in [2.75, 3.05) is 0 Å². The van der Waals surface area contributed by atoms with Gasteiger partial charge in [0.15, 0.2) is 10.9 Å². The van der Waals surface area contributed by atoms with Crippen molar-refractivity contribution in [3.8, 4) is 0 Å². The summed E-state index contributed by atoms with van der Waals surface area (Å²) >= 11 is 3.08. The van der Waals surface area contributed by atoms with E-state index in [9.17, 15) is 9.59 Å². The molecule has 1 aliphatic rings. The number of carbonyl (C=O) groups is 1. The number of hydrogen-bond donors (Lipinski definition) is 1. The Labute approximate surface area is 186 Å². The Kier molecular flexibility index (Phi) is 5.45. The summed E-state index contributed by atoms with van der Waals surface area (Å²) in [5.74, 6) is 1.73. The van der Waals surface area contributed by atoms with Crippen molar-refractivity contribution < 1.29 is 13.6 Å². The number of nitrogens with zero attached hydrogens (tertiary/aromatic N) is 2. The first-order chi connectivity index (χ1) is 15.1. The topological polar surface area (TPSA) is 90.3 Å².